The van der Waals surface area contributed by atoms with Gasteiger partial charge in [0.05, 0.1) is 33.5 Å². The number of carbonyl (C=O) groups excluding carboxylic acids is 3. The fourth-order valence-electron chi connectivity index (χ4n) is 3.71. The molecule has 2 aliphatic rings. The lowest BCUT2D eigenvalue weighted by molar-refractivity contribution is -0.148. The van der Waals surface area contributed by atoms with Crippen LogP contribution in [-0.4, -0.2) is 95.9 Å². The zero-order valence-corrected chi connectivity index (χ0v) is 24.4. The third kappa shape index (κ3) is 7.96. The van der Waals surface area contributed by atoms with Crippen molar-refractivity contribution in [3.8, 4) is 0 Å². The molecule has 0 radical (unpaired) electrons. The summed E-state index contributed by atoms with van der Waals surface area (Å²) in [6, 6.07) is -0.867. The van der Waals surface area contributed by atoms with Crippen molar-refractivity contribution in [2.75, 3.05) is 51.5 Å². The zero-order chi connectivity index (χ0) is 27.2. The van der Waals surface area contributed by atoms with E-state index in [0.29, 0.717) is 26.3 Å². The van der Waals surface area contributed by atoms with E-state index in [2.05, 4.69) is 54.4 Å². The lowest BCUT2D eigenvalue weighted by Crippen LogP contribution is -2.50. The lowest BCUT2D eigenvalue weighted by Gasteiger charge is -2.37. The molecule has 0 spiro atoms. The molecule has 11 nitrogen and oxygen atoms in total. The first-order chi connectivity index (χ1) is 17.4. The third-order valence-corrected chi connectivity index (χ3v) is 12.6. The average Bonchev–Trinajstić information content (AvgIpc) is 3.37. The molecule has 0 saturated carbocycles. The molecule has 1 unspecified atom stereocenters. The number of piperidine rings is 1. The van der Waals surface area contributed by atoms with Gasteiger partial charge in [-0.25, -0.2) is 9.78 Å². The highest BCUT2D eigenvalue weighted by molar-refractivity contribution is 7.13. The van der Waals surface area contributed by atoms with E-state index in [1.807, 2.05) is 0 Å². The van der Waals surface area contributed by atoms with Gasteiger partial charge < -0.3 is 34.2 Å². The molecule has 2 fully saturated rings. The van der Waals surface area contributed by atoms with Gasteiger partial charge in [-0.1, -0.05) is 20.8 Å². The minimum atomic E-state index is -2.12. The Kier molecular flexibility index (Phi) is 10.1. The second-order valence-electron chi connectivity index (χ2n) is 10.8. The molecule has 1 aromatic rings. The summed E-state index contributed by atoms with van der Waals surface area (Å²) in [6.45, 7) is 13.2. The minimum Gasteiger partial charge on any atom is -0.467 e. The van der Waals surface area contributed by atoms with Gasteiger partial charge in [0.25, 0.3) is 11.8 Å². The second-order valence-corrected chi connectivity index (χ2v) is 16.5. The molecule has 2 amide bonds. The maximum Gasteiger partial charge on any atom is 0.330 e. The molecule has 0 aliphatic carbocycles. The molecule has 2 N–H and O–H groups in total. The monoisotopic (exact) mass is 556 g/mol. The van der Waals surface area contributed by atoms with Crippen LogP contribution in [0.3, 0.4) is 0 Å². The van der Waals surface area contributed by atoms with Gasteiger partial charge in [-0.05, 0) is 31.0 Å². The Morgan fingerprint density at radius 2 is 1.95 bits per heavy atom. The van der Waals surface area contributed by atoms with E-state index in [1.165, 1.54) is 18.4 Å². The largest absolute Gasteiger partial charge is 0.467 e. The van der Waals surface area contributed by atoms with Crippen molar-refractivity contribution in [1.82, 2.24) is 15.6 Å². The highest BCUT2D eigenvalue weighted by Gasteiger charge is 2.38. The first-order valence-corrected chi connectivity index (χ1v) is 16.4. The maximum absolute atomic E-state index is 12.9. The molecule has 2 atom stereocenters. The predicted octanol–water partition coefficient (Wildman–Crippen LogP) is 1.94. The van der Waals surface area contributed by atoms with Gasteiger partial charge in [-0.2, -0.15) is 0 Å². The SMILES string of the molecule is COC(=O)[C@H](CO[Si](C)(C)C(C)(C)C)NC(=O)c1csc(N2CCC(NC(=O)C3COCCO3)CC2)n1. The number of nitrogens with zero attached hydrogens (tertiary/aromatic N) is 2. The van der Waals surface area contributed by atoms with Crippen molar-refractivity contribution >= 4 is 42.6 Å². The number of hydrogen-bond acceptors (Lipinski definition) is 10. The molecule has 37 heavy (non-hydrogen) atoms. The molecule has 2 saturated heterocycles. The summed E-state index contributed by atoms with van der Waals surface area (Å²) in [6.07, 6.45) is 0.971. The highest BCUT2D eigenvalue weighted by atomic mass is 32.1. The summed E-state index contributed by atoms with van der Waals surface area (Å²) in [5.74, 6) is -1.14. The average molecular weight is 557 g/mol. The van der Waals surface area contributed by atoms with Crippen LogP contribution in [-0.2, 0) is 28.2 Å². The molecular weight excluding hydrogens is 516 g/mol. The van der Waals surface area contributed by atoms with Crippen LogP contribution in [0.1, 0.15) is 44.1 Å². The van der Waals surface area contributed by atoms with E-state index >= 15 is 0 Å². The van der Waals surface area contributed by atoms with Crippen molar-refractivity contribution in [3.63, 3.8) is 0 Å². The van der Waals surface area contributed by atoms with E-state index in [9.17, 15) is 14.4 Å². The minimum absolute atomic E-state index is 0.0319. The van der Waals surface area contributed by atoms with E-state index in [-0.39, 0.29) is 35.9 Å². The van der Waals surface area contributed by atoms with E-state index in [0.717, 1.165) is 18.0 Å². The van der Waals surface area contributed by atoms with E-state index in [4.69, 9.17) is 18.6 Å². The number of ether oxygens (including phenoxy) is 3. The number of carbonyl (C=O) groups is 3. The predicted molar refractivity (Wildman–Crippen MR) is 142 cm³/mol. The van der Waals surface area contributed by atoms with Crippen LogP contribution in [0.25, 0.3) is 0 Å². The molecule has 2 aliphatic heterocycles. The Labute approximate surface area is 223 Å². The topological polar surface area (TPSA) is 128 Å². The van der Waals surface area contributed by atoms with Gasteiger partial charge in [0.2, 0.25) is 0 Å². The number of anilines is 1. The summed E-state index contributed by atoms with van der Waals surface area (Å²) in [5.41, 5.74) is 0.242. The quantitative estimate of drug-likeness (QED) is 0.346. The van der Waals surface area contributed by atoms with Crippen LogP contribution < -0.4 is 15.5 Å². The number of amides is 2. The Balaban J connectivity index is 1.52. The van der Waals surface area contributed by atoms with Gasteiger partial charge in [0.1, 0.15) is 11.7 Å². The number of methoxy groups -OCH3 is 1. The summed E-state index contributed by atoms with van der Waals surface area (Å²) in [5, 5.41) is 8.15. The van der Waals surface area contributed by atoms with E-state index < -0.39 is 32.3 Å². The van der Waals surface area contributed by atoms with Crippen LogP contribution in [0.2, 0.25) is 18.1 Å². The Hall–Kier alpha value is -2.06. The van der Waals surface area contributed by atoms with Crippen LogP contribution in [0.4, 0.5) is 5.13 Å². The zero-order valence-electron chi connectivity index (χ0n) is 22.6. The van der Waals surface area contributed by atoms with Crippen molar-refractivity contribution in [3.05, 3.63) is 11.1 Å². The first kappa shape index (κ1) is 29.5. The fraction of sp³-hybridized carbons (Fsp3) is 0.750. The first-order valence-electron chi connectivity index (χ1n) is 12.6. The maximum atomic E-state index is 12.9. The normalized spacial score (nSPS) is 20.3. The van der Waals surface area contributed by atoms with Gasteiger partial charge in [-0.15, -0.1) is 11.3 Å². The molecule has 0 bridgehead atoms. The molecule has 0 aromatic carbocycles. The molecule has 3 rings (SSSR count). The molecule has 3 heterocycles. The number of rotatable bonds is 9. The summed E-state index contributed by atoms with van der Waals surface area (Å²) in [7, 11) is -0.832. The summed E-state index contributed by atoms with van der Waals surface area (Å²) < 4.78 is 21.8. The van der Waals surface area contributed by atoms with Gasteiger partial charge in [0.15, 0.2) is 19.6 Å². The number of aromatic nitrogens is 1. The van der Waals surface area contributed by atoms with Gasteiger partial charge in [-0.3, -0.25) is 9.59 Å². The highest BCUT2D eigenvalue weighted by Crippen LogP contribution is 2.36. The second kappa shape index (κ2) is 12.7. The Morgan fingerprint density at radius 3 is 2.54 bits per heavy atom. The Bertz CT molecular complexity index is 938. The van der Waals surface area contributed by atoms with Crippen molar-refractivity contribution in [2.45, 2.75) is 69.9 Å². The number of nitrogens with one attached hydrogen (secondary N) is 2. The van der Waals surface area contributed by atoms with Crippen molar-refractivity contribution in [2.24, 2.45) is 0 Å². The van der Waals surface area contributed by atoms with E-state index in [1.54, 1.807) is 5.38 Å². The number of thiazole rings is 1. The number of hydrogen-bond donors (Lipinski definition) is 2. The fourth-order valence-corrected chi connectivity index (χ4v) is 5.59. The molecule has 1 aromatic heterocycles. The lowest BCUT2D eigenvalue weighted by atomic mass is 10.1. The van der Waals surface area contributed by atoms with Crippen molar-refractivity contribution < 1.29 is 33.0 Å². The van der Waals surface area contributed by atoms with Crippen molar-refractivity contribution in [1.29, 1.82) is 0 Å². The van der Waals surface area contributed by atoms with Gasteiger partial charge >= 0.3 is 5.97 Å². The summed E-state index contributed by atoms with van der Waals surface area (Å²) in [4.78, 5) is 44.2. The van der Waals surface area contributed by atoms with Gasteiger partial charge in [0, 0.05) is 24.5 Å². The molecule has 208 valence electrons. The standard InChI is InChI=1S/C24H40N4O7SSi/c1-24(2,3)37(5,6)35-13-17(22(31)32-4)26-20(29)18-15-36-23(27-18)28-9-7-16(8-10-28)25-21(30)19-14-33-11-12-34-19/h15-17,19H,7-14H2,1-6H3,(H,25,30)(H,26,29)/t17-,19?/m0/s1. The van der Waals surface area contributed by atoms with Crippen LogP contribution in [0.15, 0.2) is 5.38 Å². The summed E-state index contributed by atoms with van der Waals surface area (Å²) >= 11 is 1.37. The smallest absolute Gasteiger partial charge is 0.330 e. The molecule has 13 heteroatoms. The van der Waals surface area contributed by atoms with Crippen LogP contribution in [0.5, 0.6) is 0 Å². The Morgan fingerprint density at radius 1 is 1.24 bits per heavy atom. The van der Waals surface area contributed by atoms with Crippen LogP contribution >= 0.6 is 11.3 Å². The van der Waals surface area contributed by atoms with Crippen LogP contribution in [0, 0.1) is 0 Å². The number of esters is 1. The molecular formula is C24H40N4O7SSi. The third-order valence-electron chi connectivity index (χ3n) is 7.15.